The van der Waals surface area contributed by atoms with Crippen molar-refractivity contribution in [3.63, 3.8) is 0 Å². The van der Waals surface area contributed by atoms with E-state index in [0.29, 0.717) is 39.1 Å². The zero-order chi connectivity index (χ0) is 17.8. The van der Waals surface area contributed by atoms with Gasteiger partial charge >= 0.3 is 6.03 Å². The summed E-state index contributed by atoms with van der Waals surface area (Å²) in [6, 6.07) is 7.93. The second kappa shape index (κ2) is 10.5. The summed E-state index contributed by atoms with van der Waals surface area (Å²) >= 11 is 0. The quantitative estimate of drug-likeness (QED) is 0.453. The monoisotopic (exact) mass is 335 g/mol. The molecule has 0 fully saturated rings. The number of carbonyl (C=O) groups excluding carboxylic acids is 2. The largest absolute Gasteiger partial charge is 0.494 e. The lowest BCUT2D eigenvalue weighted by atomic mass is 9.87. The molecule has 0 bridgehead atoms. The molecule has 0 aliphatic rings. The number of hydrogen-bond donors (Lipinski definition) is 3. The van der Waals surface area contributed by atoms with Crippen molar-refractivity contribution in [2.75, 3.05) is 26.2 Å². The topological polar surface area (TPSA) is 79.5 Å². The fourth-order valence-corrected chi connectivity index (χ4v) is 2.03. The predicted molar refractivity (Wildman–Crippen MR) is 95.3 cm³/mol. The summed E-state index contributed by atoms with van der Waals surface area (Å²) in [6.07, 6.45) is 2.09. The van der Waals surface area contributed by atoms with Crippen LogP contribution in [0.5, 0.6) is 5.75 Å². The average Bonchev–Trinajstić information content (AvgIpc) is 2.54. The van der Waals surface area contributed by atoms with Gasteiger partial charge in [-0.1, -0.05) is 32.9 Å². The zero-order valence-corrected chi connectivity index (χ0v) is 14.9. The van der Waals surface area contributed by atoms with Gasteiger partial charge in [-0.15, -0.1) is 0 Å². The number of urea groups is 1. The molecule has 0 aliphatic carbocycles. The van der Waals surface area contributed by atoms with E-state index in [1.54, 1.807) is 0 Å². The van der Waals surface area contributed by atoms with Crippen molar-refractivity contribution in [3.05, 3.63) is 29.8 Å². The lowest BCUT2D eigenvalue weighted by Crippen LogP contribution is -2.37. The Labute approximate surface area is 144 Å². The maximum atomic E-state index is 11.5. The van der Waals surface area contributed by atoms with Crippen molar-refractivity contribution in [3.8, 4) is 5.75 Å². The first-order chi connectivity index (χ1) is 11.4. The second-order valence-corrected chi connectivity index (χ2v) is 6.58. The van der Waals surface area contributed by atoms with Crippen LogP contribution in [0, 0.1) is 0 Å². The highest BCUT2D eigenvalue weighted by Crippen LogP contribution is 2.24. The molecule has 3 amide bonds. The molecule has 0 atom stereocenters. The van der Waals surface area contributed by atoms with Gasteiger partial charge in [-0.05, 0) is 36.0 Å². The van der Waals surface area contributed by atoms with Crippen LogP contribution in [0.4, 0.5) is 4.79 Å². The second-order valence-electron chi connectivity index (χ2n) is 6.58. The summed E-state index contributed by atoms with van der Waals surface area (Å²) in [7, 11) is 0. The summed E-state index contributed by atoms with van der Waals surface area (Å²) in [5.41, 5.74) is 1.41. The van der Waals surface area contributed by atoms with Crippen LogP contribution >= 0.6 is 0 Å². The molecule has 0 unspecified atom stereocenters. The average molecular weight is 335 g/mol. The fraction of sp³-hybridized carbons (Fsp3) is 0.556. The van der Waals surface area contributed by atoms with E-state index in [1.807, 2.05) is 12.1 Å². The molecule has 0 saturated heterocycles. The van der Waals surface area contributed by atoms with Gasteiger partial charge in [0.25, 0.3) is 0 Å². The van der Waals surface area contributed by atoms with Crippen molar-refractivity contribution in [1.29, 1.82) is 0 Å². The first-order valence-corrected chi connectivity index (χ1v) is 8.35. The van der Waals surface area contributed by atoms with Gasteiger partial charge in [0, 0.05) is 19.6 Å². The minimum Gasteiger partial charge on any atom is -0.494 e. The Morgan fingerprint density at radius 2 is 1.67 bits per heavy atom. The molecule has 24 heavy (non-hydrogen) atoms. The van der Waals surface area contributed by atoms with Crippen molar-refractivity contribution in [2.45, 2.75) is 39.0 Å². The Morgan fingerprint density at radius 3 is 2.25 bits per heavy atom. The lowest BCUT2D eigenvalue weighted by molar-refractivity contribution is -0.109. The Morgan fingerprint density at radius 1 is 1.04 bits per heavy atom. The number of benzene rings is 1. The standard InChI is InChI=1S/C18H29N3O3/c1-18(2,3)15-6-8-16(9-7-15)24-13-5-12-21-17(23)20-11-4-10-19-14-22/h6-9,14H,4-5,10-13H2,1-3H3,(H,19,22)(H2,20,21,23). The van der Waals surface area contributed by atoms with E-state index in [4.69, 9.17) is 4.74 Å². The molecule has 0 spiro atoms. The fourth-order valence-electron chi connectivity index (χ4n) is 2.03. The Balaban J connectivity index is 2.09. The summed E-state index contributed by atoms with van der Waals surface area (Å²) in [6.45, 7) is 8.74. The maximum absolute atomic E-state index is 11.5. The van der Waals surface area contributed by atoms with Gasteiger partial charge in [0.15, 0.2) is 0 Å². The molecule has 1 rings (SSSR count). The highest BCUT2D eigenvalue weighted by Gasteiger charge is 2.12. The third kappa shape index (κ3) is 8.41. The smallest absolute Gasteiger partial charge is 0.314 e. The molecular formula is C18H29N3O3. The molecule has 6 heteroatoms. The molecule has 134 valence electrons. The van der Waals surface area contributed by atoms with Crippen molar-refractivity contribution < 1.29 is 14.3 Å². The Kier molecular flexibility index (Phi) is 8.68. The molecule has 0 aliphatic heterocycles. The van der Waals surface area contributed by atoms with Crippen LogP contribution in [0.2, 0.25) is 0 Å². The normalized spacial score (nSPS) is 10.8. The van der Waals surface area contributed by atoms with E-state index in [9.17, 15) is 9.59 Å². The molecule has 6 nitrogen and oxygen atoms in total. The number of amides is 3. The maximum Gasteiger partial charge on any atom is 0.314 e. The third-order valence-electron chi connectivity index (χ3n) is 3.46. The minimum absolute atomic E-state index is 0.138. The van der Waals surface area contributed by atoms with Gasteiger partial charge in [-0.2, -0.15) is 0 Å². The molecule has 1 aromatic carbocycles. The molecule has 3 N–H and O–H groups in total. The number of hydrogen-bond acceptors (Lipinski definition) is 3. The summed E-state index contributed by atoms with van der Waals surface area (Å²) in [5.74, 6) is 0.843. The van der Waals surface area contributed by atoms with Gasteiger partial charge in [0.2, 0.25) is 6.41 Å². The van der Waals surface area contributed by atoms with E-state index in [1.165, 1.54) is 5.56 Å². The lowest BCUT2D eigenvalue weighted by Gasteiger charge is -2.19. The molecule has 0 aromatic heterocycles. The Hall–Kier alpha value is -2.24. The Bertz CT molecular complexity index is 495. The van der Waals surface area contributed by atoms with E-state index in [2.05, 4.69) is 48.9 Å². The van der Waals surface area contributed by atoms with Crippen LogP contribution in [0.1, 0.15) is 39.2 Å². The summed E-state index contributed by atoms with van der Waals surface area (Å²) in [4.78, 5) is 21.5. The van der Waals surface area contributed by atoms with Crippen molar-refractivity contribution in [1.82, 2.24) is 16.0 Å². The highest BCUT2D eigenvalue weighted by atomic mass is 16.5. The number of ether oxygens (including phenoxy) is 1. The van der Waals surface area contributed by atoms with Gasteiger partial charge in [-0.25, -0.2) is 4.79 Å². The van der Waals surface area contributed by atoms with Crippen molar-refractivity contribution >= 4 is 12.4 Å². The first-order valence-electron chi connectivity index (χ1n) is 8.35. The van der Waals surface area contributed by atoms with E-state index < -0.39 is 0 Å². The molecule has 1 aromatic rings. The van der Waals surface area contributed by atoms with Gasteiger partial charge in [0.1, 0.15) is 5.75 Å². The van der Waals surface area contributed by atoms with E-state index >= 15 is 0 Å². The minimum atomic E-state index is -0.198. The number of rotatable bonds is 10. The van der Waals surface area contributed by atoms with Crippen LogP contribution in [-0.2, 0) is 10.2 Å². The zero-order valence-electron chi connectivity index (χ0n) is 14.9. The van der Waals surface area contributed by atoms with Crippen LogP contribution in [0.3, 0.4) is 0 Å². The predicted octanol–water partition coefficient (Wildman–Crippen LogP) is 2.19. The molecule has 0 heterocycles. The summed E-state index contributed by atoms with van der Waals surface area (Å²) in [5, 5.41) is 8.03. The number of carbonyl (C=O) groups is 2. The van der Waals surface area contributed by atoms with E-state index in [-0.39, 0.29) is 11.4 Å². The number of nitrogens with one attached hydrogen (secondary N) is 3. The van der Waals surface area contributed by atoms with Gasteiger partial charge in [0.05, 0.1) is 6.61 Å². The van der Waals surface area contributed by atoms with Crippen molar-refractivity contribution in [2.24, 2.45) is 0 Å². The van der Waals surface area contributed by atoms with Crippen LogP contribution in [0.15, 0.2) is 24.3 Å². The van der Waals surface area contributed by atoms with Gasteiger partial charge < -0.3 is 20.7 Å². The van der Waals surface area contributed by atoms with Gasteiger partial charge in [-0.3, -0.25) is 4.79 Å². The van der Waals surface area contributed by atoms with E-state index in [0.717, 1.165) is 12.2 Å². The third-order valence-corrected chi connectivity index (χ3v) is 3.46. The SMILES string of the molecule is CC(C)(C)c1ccc(OCCCNC(=O)NCCCNC=O)cc1. The first kappa shape index (κ1) is 19.8. The summed E-state index contributed by atoms with van der Waals surface area (Å²) < 4.78 is 5.67. The molecular weight excluding hydrogens is 306 g/mol. The van der Waals surface area contributed by atoms with Crippen LogP contribution < -0.4 is 20.7 Å². The molecule has 0 radical (unpaired) electrons. The van der Waals surface area contributed by atoms with Crippen LogP contribution in [-0.4, -0.2) is 38.7 Å². The van der Waals surface area contributed by atoms with Crippen LogP contribution in [0.25, 0.3) is 0 Å². The molecule has 0 saturated carbocycles. The highest BCUT2D eigenvalue weighted by molar-refractivity contribution is 5.73.